The largest absolute Gasteiger partial charge is 0.457 e. The first-order valence-electron chi connectivity index (χ1n) is 15.0. The molecule has 0 atom stereocenters. The molecule has 0 saturated carbocycles. The second-order valence-corrected chi connectivity index (χ2v) is 12.3. The summed E-state index contributed by atoms with van der Waals surface area (Å²) in [4.78, 5) is 9.91. The molecule has 5 aromatic carbocycles. The number of ether oxygens (including phenoxy) is 1. The number of pyridine rings is 2. The Labute approximate surface area is 256 Å². The fourth-order valence-electron chi connectivity index (χ4n) is 6.23. The average Bonchev–Trinajstić information content (AvgIpc) is 3.38. The van der Waals surface area contributed by atoms with Gasteiger partial charge in [0.15, 0.2) is 0 Å². The van der Waals surface area contributed by atoms with Crippen LogP contribution >= 0.6 is 0 Å². The number of aromatic nitrogens is 3. The predicted octanol–water partition coefficient (Wildman–Crippen LogP) is 10.6. The van der Waals surface area contributed by atoms with Gasteiger partial charge in [-0.1, -0.05) is 93.6 Å². The average molecular weight is 570 g/mol. The Kier molecular flexibility index (Phi) is 5.98. The van der Waals surface area contributed by atoms with Crippen LogP contribution in [0.4, 0.5) is 0 Å². The lowest BCUT2D eigenvalue weighted by atomic mass is 9.88. The molecular formula is C40H31N3O. The fourth-order valence-corrected chi connectivity index (χ4v) is 6.23. The van der Waals surface area contributed by atoms with Crippen molar-refractivity contribution in [3.8, 4) is 28.6 Å². The Balaban J connectivity index is 1.24. The van der Waals surface area contributed by atoms with Gasteiger partial charge in [0.1, 0.15) is 17.3 Å². The summed E-state index contributed by atoms with van der Waals surface area (Å²) in [6.07, 6.45) is 1.91. The molecule has 0 fully saturated rings. The summed E-state index contributed by atoms with van der Waals surface area (Å²) in [7, 11) is 0. The third kappa shape index (κ3) is 4.38. The minimum Gasteiger partial charge on any atom is -0.457 e. The first-order valence-corrected chi connectivity index (χ1v) is 15.0. The lowest BCUT2D eigenvalue weighted by Gasteiger charge is -2.20. The van der Waals surface area contributed by atoms with Crippen LogP contribution in [0.15, 0.2) is 134 Å². The van der Waals surface area contributed by atoms with Gasteiger partial charge in [-0.05, 0) is 64.9 Å². The van der Waals surface area contributed by atoms with E-state index < -0.39 is 0 Å². The highest BCUT2D eigenvalue weighted by atomic mass is 16.5. The van der Waals surface area contributed by atoms with E-state index in [1.807, 2.05) is 24.4 Å². The number of para-hydroxylation sites is 2. The second-order valence-electron chi connectivity index (χ2n) is 12.3. The quantitative estimate of drug-likeness (QED) is 0.198. The van der Waals surface area contributed by atoms with Gasteiger partial charge in [-0.2, -0.15) is 0 Å². The van der Waals surface area contributed by atoms with Crippen LogP contribution in [0.5, 0.6) is 11.5 Å². The van der Waals surface area contributed by atoms with Crippen LogP contribution in [0, 0.1) is 0 Å². The molecule has 4 nitrogen and oxygen atoms in total. The van der Waals surface area contributed by atoms with E-state index in [0.717, 1.165) is 61.3 Å². The highest BCUT2D eigenvalue weighted by molar-refractivity contribution is 6.11. The predicted molar refractivity (Wildman–Crippen MR) is 182 cm³/mol. The highest BCUT2D eigenvalue weighted by Crippen LogP contribution is 2.37. The lowest BCUT2D eigenvalue weighted by Crippen LogP contribution is -2.12. The van der Waals surface area contributed by atoms with Gasteiger partial charge in [0.05, 0.1) is 22.2 Å². The highest BCUT2D eigenvalue weighted by Gasteiger charge is 2.18. The van der Waals surface area contributed by atoms with Crippen LogP contribution in [0.1, 0.15) is 26.3 Å². The SMILES string of the molecule is CC(C)(C)c1ccnc(-n2c3ccccc3c3ccc(Oc4cccc(-c5nc6ccccc6c6ccccc56)c4)cc32)c1. The third-order valence-electron chi connectivity index (χ3n) is 8.44. The van der Waals surface area contributed by atoms with Gasteiger partial charge in [0.25, 0.3) is 0 Å². The van der Waals surface area contributed by atoms with Crippen LogP contribution in [-0.2, 0) is 5.41 Å². The summed E-state index contributed by atoms with van der Waals surface area (Å²) >= 11 is 0. The summed E-state index contributed by atoms with van der Waals surface area (Å²) in [5.41, 5.74) is 6.38. The molecule has 0 aliphatic heterocycles. The number of hydrogen-bond acceptors (Lipinski definition) is 3. The lowest BCUT2D eigenvalue weighted by molar-refractivity contribution is 0.483. The summed E-state index contributed by atoms with van der Waals surface area (Å²) in [6.45, 7) is 6.69. The maximum atomic E-state index is 6.55. The molecule has 0 unspecified atom stereocenters. The Bertz CT molecular complexity index is 2360. The number of benzene rings is 5. The van der Waals surface area contributed by atoms with Crippen molar-refractivity contribution in [2.75, 3.05) is 0 Å². The van der Waals surface area contributed by atoms with Gasteiger partial charge in [-0.15, -0.1) is 0 Å². The molecule has 0 N–H and O–H groups in total. The number of fused-ring (bicyclic) bond motifs is 6. The number of nitrogens with zero attached hydrogens (tertiary/aromatic N) is 3. The Morgan fingerprint density at radius 2 is 1.27 bits per heavy atom. The van der Waals surface area contributed by atoms with Gasteiger partial charge >= 0.3 is 0 Å². The Hall–Kier alpha value is -5.48. The zero-order valence-electron chi connectivity index (χ0n) is 25.0. The van der Waals surface area contributed by atoms with Crippen molar-refractivity contribution >= 4 is 43.5 Å². The van der Waals surface area contributed by atoms with E-state index in [0.29, 0.717) is 0 Å². The van der Waals surface area contributed by atoms with Crippen molar-refractivity contribution in [2.45, 2.75) is 26.2 Å². The monoisotopic (exact) mass is 569 g/mol. The molecule has 8 aromatic rings. The first-order chi connectivity index (χ1) is 21.4. The molecule has 0 aliphatic rings. The van der Waals surface area contributed by atoms with Crippen LogP contribution in [0.3, 0.4) is 0 Å². The van der Waals surface area contributed by atoms with Gasteiger partial charge in [0.2, 0.25) is 0 Å². The fraction of sp³-hybridized carbons (Fsp3) is 0.100. The van der Waals surface area contributed by atoms with Crippen molar-refractivity contribution in [2.24, 2.45) is 0 Å². The molecule has 212 valence electrons. The van der Waals surface area contributed by atoms with Crippen molar-refractivity contribution < 1.29 is 4.74 Å². The summed E-state index contributed by atoms with van der Waals surface area (Å²) in [5, 5.41) is 5.83. The molecule has 0 radical (unpaired) electrons. The van der Waals surface area contributed by atoms with Crippen molar-refractivity contribution in [3.05, 3.63) is 139 Å². The molecule has 0 saturated heterocycles. The van der Waals surface area contributed by atoms with E-state index in [4.69, 9.17) is 14.7 Å². The van der Waals surface area contributed by atoms with Crippen molar-refractivity contribution in [1.82, 2.24) is 14.5 Å². The van der Waals surface area contributed by atoms with Crippen molar-refractivity contribution in [3.63, 3.8) is 0 Å². The van der Waals surface area contributed by atoms with E-state index in [-0.39, 0.29) is 5.41 Å². The Morgan fingerprint density at radius 3 is 2.11 bits per heavy atom. The molecule has 8 rings (SSSR count). The van der Waals surface area contributed by atoms with E-state index in [1.165, 1.54) is 16.3 Å². The standard InChI is InChI=1S/C40H31N3O/c1-40(2,3)27-21-22-41-38(24-27)43-36-18-9-7-15-32(36)33-20-19-29(25-37(33)43)44-28-12-10-11-26(23-28)39-34-16-5-4-13-30(34)31-14-6-8-17-35(31)42-39/h4-25H,1-3H3. The normalized spacial score (nSPS) is 12.0. The first kappa shape index (κ1) is 26.2. The van der Waals surface area contributed by atoms with E-state index >= 15 is 0 Å². The zero-order valence-corrected chi connectivity index (χ0v) is 25.0. The number of rotatable bonds is 4. The molecule has 44 heavy (non-hydrogen) atoms. The maximum Gasteiger partial charge on any atom is 0.137 e. The van der Waals surface area contributed by atoms with Crippen LogP contribution in [0.2, 0.25) is 0 Å². The molecule has 4 heteroatoms. The van der Waals surface area contributed by atoms with Crippen LogP contribution in [-0.4, -0.2) is 14.5 Å². The molecule has 3 aromatic heterocycles. The minimum atomic E-state index is 0.0148. The topological polar surface area (TPSA) is 39.9 Å². The second kappa shape index (κ2) is 10.1. The molecular weight excluding hydrogens is 538 g/mol. The van der Waals surface area contributed by atoms with E-state index in [1.54, 1.807) is 0 Å². The molecule has 0 amide bonds. The Morgan fingerprint density at radius 1 is 0.568 bits per heavy atom. The van der Waals surface area contributed by atoms with Crippen LogP contribution < -0.4 is 4.74 Å². The van der Waals surface area contributed by atoms with E-state index in [9.17, 15) is 0 Å². The third-order valence-corrected chi connectivity index (χ3v) is 8.44. The van der Waals surface area contributed by atoms with Gasteiger partial charge in [0, 0.05) is 39.4 Å². The molecule has 0 spiro atoms. The van der Waals surface area contributed by atoms with Gasteiger partial charge in [-0.25, -0.2) is 9.97 Å². The maximum absolute atomic E-state index is 6.55. The molecule has 3 heterocycles. The van der Waals surface area contributed by atoms with E-state index in [2.05, 4.69) is 135 Å². The minimum absolute atomic E-state index is 0.0148. The molecule has 0 bridgehead atoms. The van der Waals surface area contributed by atoms with Gasteiger partial charge < -0.3 is 4.74 Å². The zero-order chi connectivity index (χ0) is 29.8. The van der Waals surface area contributed by atoms with Crippen LogP contribution in [0.25, 0.3) is 60.6 Å². The number of hydrogen-bond donors (Lipinski definition) is 0. The summed E-state index contributed by atoms with van der Waals surface area (Å²) in [6, 6.07) is 44.1. The summed E-state index contributed by atoms with van der Waals surface area (Å²) < 4.78 is 8.80. The summed E-state index contributed by atoms with van der Waals surface area (Å²) in [5.74, 6) is 2.43. The molecule has 0 aliphatic carbocycles. The van der Waals surface area contributed by atoms with Gasteiger partial charge in [-0.3, -0.25) is 4.57 Å². The smallest absolute Gasteiger partial charge is 0.137 e. The van der Waals surface area contributed by atoms with Crippen molar-refractivity contribution in [1.29, 1.82) is 0 Å².